The molecule has 0 aliphatic heterocycles. The minimum Gasteiger partial charge on any atom is -0.462 e. The molecule has 6 heteroatoms. The number of rotatable bonds is 59. The molecular formula is C72H122O6. The molecule has 0 fully saturated rings. The van der Waals surface area contributed by atoms with Crippen molar-refractivity contribution < 1.29 is 28.6 Å². The van der Waals surface area contributed by atoms with Gasteiger partial charge in [0, 0.05) is 19.3 Å². The van der Waals surface area contributed by atoms with Gasteiger partial charge >= 0.3 is 17.9 Å². The Hall–Kier alpha value is -3.93. The number of ether oxygens (including phenoxy) is 3. The van der Waals surface area contributed by atoms with Crippen molar-refractivity contribution in [2.75, 3.05) is 13.2 Å². The molecule has 446 valence electrons. The predicted octanol–water partition coefficient (Wildman–Crippen LogP) is 22.6. The lowest BCUT2D eigenvalue weighted by molar-refractivity contribution is -0.167. The molecule has 0 aliphatic rings. The molecule has 6 nitrogen and oxygen atoms in total. The van der Waals surface area contributed by atoms with Gasteiger partial charge in [-0.2, -0.15) is 0 Å². The Morgan fingerprint density at radius 1 is 0.269 bits per heavy atom. The van der Waals surface area contributed by atoms with E-state index in [-0.39, 0.29) is 31.1 Å². The highest BCUT2D eigenvalue weighted by Crippen LogP contribution is 2.16. The summed E-state index contributed by atoms with van der Waals surface area (Å²) in [6, 6.07) is 0. The van der Waals surface area contributed by atoms with E-state index >= 15 is 0 Å². The Morgan fingerprint density at radius 2 is 0.526 bits per heavy atom. The van der Waals surface area contributed by atoms with Crippen molar-refractivity contribution in [3.8, 4) is 0 Å². The summed E-state index contributed by atoms with van der Waals surface area (Å²) in [5.74, 6) is -0.901. The van der Waals surface area contributed by atoms with Crippen LogP contribution in [0.3, 0.4) is 0 Å². The molecule has 0 bridgehead atoms. The Bertz CT molecular complexity index is 1570. The first kappa shape index (κ1) is 74.1. The van der Waals surface area contributed by atoms with Crippen LogP contribution in [0.4, 0.5) is 0 Å². The second-order valence-corrected chi connectivity index (χ2v) is 21.6. The summed E-state index contributed by atoms with van der Waals surface area (Å²) in [5, 5.41) is 0. The van der Waals surface area contributed by atoms with E-state index in [1.165, 1.54) is 141 Å². The SMILES string of the molecule is CC/C=C\C/C=C\C/C=C\C/C=C\C/C=C\C/C=C\CCCCCCCCCCCCC(=O)OCC(COC(=O)CCCCCCC/C=C\C/C=C\CCC)OC(=O)CCCCCCCCC/C=C\CCCCCCCCC. The predicted molar refractivity (Wildman–Crippen MR) is 339 cm³/mol. The number of carbonyl (C=O) groups is 3. The van der Waals surface area contributed by atoms with Gasteiger partial charge in [0.05, 0.1) is 0 Å². The van der Waals surface area contributed by atoms with E-state index in [0.29, 0.717) is 19.3 Å². The van der Waals surface area contributed by atoms with E-state index < -0.39 is 6.10 Å². The molecule has 0 heterocycles. The van der Waals surface area contributed by atoms with Gasteiger partial charge < -0.3 is 14.2 Å². The Labute approximate surface area is 482 Å². The molecule has 0 aromatic heterocycles. The molecular weight excluding hydrogens is 961 g/mol. The molecule has 0 amide bonds. The fraction of sp³-hybridized carbons (Fsp3) is 0.708. The van der Waals surface area contributed by atoms with Crippen LogP contribution >= 0.6 is 0 Å². The number of unbranched alkanes of at least 4 members (excludes halogenated alkanes) is 30. The molecule has 0 saturated carbocycles. The fourth-order valence-corrected chi connectivity index (χ4v) is 9.07. The van der Waals surface area contributed by atoms with Crippen LogP contribution in [0, 0.1) is 0 Å². The van der Waals surface area contributed by atoms with Gasteiger partial charge in [-0.1, -0.05) is 278 Å². The second kappa shape index (κ2) is 65.6. The van der Waals surface area contributed by atoms with Crippen LogP contribution in [0.2, 0.25) is 0 Å². The Morgan fingerprint density at radius 3 is 0.846 bits per heavy atom. The van der Waals surface area contributed by atoms with Crippen molar-refractivity contribution in [3.63, 3.8) is 0 Å². The van der Waals surface area contributed by atoms with Crippen LogP contribution < -0.4 is 0 Å². The van der Waals surface area contributed by atoms with E-state index in [2.05, 4.69) is 130 Å². The first-order valence-electron chi connectivity index (χ1n) is 32.9. The van der Waals surface area contributed by atoms with E-state index in [9.17, 15) is 14.4 Å². The molecule has 0 aromatic rings. The molecule has 0 aliphatic carbocycles. The lowest BCUT2D eigenvalue weighted by Gasteiger charge is -2.18. The molecule has 1 unspecified atom stereocenters. The normalized spacial score (nSPS) is 12.8. The van der Waals surface area contributed by atoms with Gasteiger partial charge in [0.15, 0.2) is 6.10 Å². The maximum absolute atomic E-state index is 12.9. The maximum Gasteiger partial charge on any atom is 0.306 e. The van der Waals surface area contributed by atoms with E-state index in [4.69, 9.17) is 14.2 Å². The van der Waals surface area contributed by atoms with Gasteiger partial charge in [-0.3, -0.25) is 14.4 Å². The van der Waals surface area contributed by atoms with Crippen molar-refractivity contribution >= 4 is 17.9 Å². The summed E-state index contributed by atoms with van der Waals surface area (Å²) in [6.07, 6.45) is 89.5. The van der Waals surface area contributed by atoms with Crippen LogP contribution in [-0.2, 0) is 28.6 Å². The summed E-state index contributed by atoms with van der Waals surface area (Å²) >= 11 is 0. The van der Waals surface area contributed by atoms with Crippen molar-refractivity contribution in [2.45, 2.75) is 316 Å². The molecule has 0 saturated heterocycles. The third-order valence-corrected chi connectivity index (χ3v) is 14.0. The smallest absolute Gasteiger partial charge is 0.306 e. The van der Waals surface area contributed by atoms with Crippen LogP contribution in [0.1, 0.15) is 310 Å². The molecule has 0 N–H and O–H groups in total. The number of esters is 3. The van der Waals surface area contributed by atoms with E-state index in [1.54, 1.807) is 0 Å². The van der Waals surface area contributed by atoms with Crippen LogP contribution in [0.25, 0.3) is 0 Å². The van der Waals surface area contributed by atoms with E-state index in [1.807, 2.05) is 0 Å². The molecule has 0 spiro atoms. The fourth-order valence-electron chi connectivity index (χ4n) is 9.07. The molecule has 0 aromatic carbocycles. The molecule has 1 atom stereocenters. The highest BCUT2D eigenvalue weighted by Gasteiger charge is 2.19. The first-order chi connectivity index (χ1) is 38.5. The summed E-state index contributed by atoms with van der Waals surface area (Å²) in [5.41, 5.74) is 0. The zero-order valence-corrected chi connectivity index (χ0v) is 51.2. The average molecular weight is 1080 g/mol. The zero-order chi connectivity index (χ0) is 56.4. The van der Waals surface area contributed by atoms with Crippen LogP contribution in [-0.4, -0.2) is 37.2 Å². The largest absolute Gasteiger partial charge is 0.462 e. The van der Waals surface area contributed by atoms with Gasteiger partial charge in [0.25, 0.3) is 0 Å². The lowest BCUT2D eigenvalue weighted by Crippen LogP contribution is -2.30. The van der Waals surface area contributed by atoms with Crippen molar-refractivity contribution in [2.24, 2.45) is 0 Å². The highest BCUT2D eigenvalue weighted by atomic mass is 16.6. The van der Waals surface area contributed by atoms with Gasteiger partial charge in [-0.25, -0.2) is 0 Å². The molecule has 0 radical (unpaired) electrons. The summed E-state index contributed by atoms with van der Waals surface area (Å²) in [6.45, 7) is 6.46. The second-order valence-electron chi connectivity index (χ2n) is 21.6. The van der Waals surface area contributed by atoms with Crippen molar-refractivity contribution in [1.82, 2.24) is 0 Å². The van der Waals surface area contributed by atoms with Gasteiger partial charge in [-0.15, -0.1) is 0 Å². The standard InChI is InChI=1S/C72H122O6/c1-4-7-10-13-16-19-22-25-27-29-31-32-33-34-35-36-37-38-39-40-41-43-44-47-50-53-56-59-62-65-71(74)77-68-69(67-76-70(73)64-61-58-55-52-49-46-24-21-18-15-12-9-6-3)78-72(75)66-63-60-57-54-51-48-45-42-30-28-26-23-20-17-14-11-8-5-2/h7,10,12,15-16,19,21,24-25,27-28,30-32,34-35,37-38,69H,4-6,8-9,11,13-14,17-18,20,22-23,26,29,33,36,39-68H2,1-3H3/b10-7-,15-12-,19-16-,24-21-,27-25-,30-28-,32-31-,35-34-,38-37-. The quantitative estimate of drug-likeness (QED) is 0.0261. The average Bonchev–Trinajstić information content (AvgIpc) is 3.44. The molecule has 78 heavy (non-hydrogen) atoms. The van der Waals surface area contributed by atoms with E-state index in [0.717, 1.165) is 128 Å². The number of carbonyl (C=O) groups excluding carboxylic acids is 3. The van der Waals surface area contributed by atoms with Gasteiger partial charge in [0.1, 0.15) is 13.2 Å². The number of allylic oxidation sites excluding steroid dienone is 18. The minimum absolute atomic E-state index is 0.0863. The lowest BCUT2D eigenvalue weighted by atomic mass is 10.1. The summed E-state index contributed by atoms with van der Waals surface area (Å²) < 4.78 is 16.9. The van der Waals surface area contributed by atoms with Crippen LogP contribution in [0.15, 0.2) is 109 Å². The monoisotopic (exact) mass is 1080 g/mol. The third-order valence-electron chi connectivity index (χ3n) is 14.0. The first-order valence-corrected chi connectivity index (χ1v) is 32.9. The van der Waals surface area contributed by atoms with Crippen molar-refractivity contribution in [3.05, 3.63) is 109 Å². The van der Waals surface area contributed by atoms with Crippen molar-refractivity contribution in [1.29, 1.82) is 0 Å². The zero-order valence-electron chi connectivity index (χ0n) is 51.2. The maximum atomic E-state index is 12.9. The molecule has 0 rings (SSSR count). The summed E-state index contributed by atoms with van der Waals surface area (Å²) in [7, 11) is 0. The minimum atomic E-state index is -0.790. The Balaban J connectivity index is 4.30. The number of hydrogen-bond donors (Lipinski definition) is 0. The third kappa shape index (κ3) is 62.9. The van der Waals surface area contributed by atoms with Crippen LogP contribution in [0.5, 0.6) is 0 Å². The topological polar surface area (TPSA) is 78.9 Å². The van der Waals surface area contributed by atoms with Gasteiger partial charge in [-0.05, 0) is 122 Å². The highest BCUT2D eigenvalue weighted by molar-refractivity contribution is 5.71. The summed E-state index contributed by atoms with van der Waals surface area (Å²) in [4.78, 5) is 38.3. The Kier molecular flexibility index (Phi) is 62.3. The van der Waals surface area contributed by atoms with Gasteiger partial charge in [0.2, 0.25) is 0 Å². The number of hydrogen-bond acceptors (Lipinski definition) is 6.